The monoisotopic (exact) mass is 153 g/mol. The maximum Gasteiger partial charge on any atom is 0.305 e. The van der Waals surface area contributed by atoms with Crippen LogP contribution in [-0.2, 0) is 0 Å². The summed E-state index contributed by atoms with van der Waals surface area (Å²) in [5, 5.41) is 10.1. The van der Waals surface area contributed by atoms with Gasteiger partial charge in [0.25, 0.3) is 0 Å². The molecule has 4 heteroatoms. The normalized spacial score (nSPS) is 9.64. The van der Waals surface area contributed by atoms with Crippen molar-refractivity contribution in [1.82, 2.24) is 0 Å². The first-order chi connectivity index (χ1) is 5.11. The highest BCUT2D eigenvalue weighted by Gasteiger charge is 2.12. The Hall–Kier alpha value is -1.45. The van der Waals surface area contributed by atoms with Gasteiger partial charge in [0.05, 0.1) is 4.92 Å². The molecule has 0 N–H and O–H groups in total. The zero-order valence-electron chi connectivity index (χ0n) is 5.45. The van der Waals surface area contributed by atoms with Crippen LogP contribution in [0.1, 0.15) is 5.56 Å². The van der Waals surface area contributed by atoms with Gasteiger partial charge in [-0.1, -0.05) is 6.07 Å². The Morgan fingerprint density at radius 2 is 2.18 bits per heavy atom. The molecule has 0 spiro atoms. The summed E-state index contributed by atoms with van der Waals surface area (Å²) in [6, 6.07) is 3.21. The number of halogens is 1. The lowest BCUT2D eigenvalue weighted by molar-refractivity contribution is -0.387. The maximum absolute atomic E-state index is 12.5. The van der Waals surface area contributed by atoms with Crippen LogP contribution in [0.2, 0.25) is 0 Å². The molecule has 0 atom stereocenters. The smallest absolute Gasteiger partial charge is 0.258 e. The van der Waals surface area contributed by atoms with Crippen LogP contribution in [0.25, 0.3) is 0 Å². The van der Waals surface area contributed by atoms with Crippen molar-refractivity contribution in [3.63, 3.8) is 0 Å². The molecule has 0 aliphatic heterocycles. The standard InChI is InChI=1S/C7H4FNO2/c1-5-2-3-6(8)7(4-5)9(10)11/h1-4H. The zero-order chi connectivity index (χ0) is 8.43. The van der Waals surface area contributed by atoms with E-state index in [1.807, 2.05) is 0 Å². The van der Waals surface area contributed by atoms with Gasteiger partial charge in [0.15, 0.2) is 0 Å². The van der Waals surface area contributed by atoms with Crippen molar-refractivity contribution in [2.45, 2.75) is 0 Å². The van der Waals surface area contributed by atoms with Crippen LogP contribution in [0.15, 0.2) is 18.2 Å². The molecule has 0 saturated carbocycles. The number of nitrogens with zero attached hydrogens (tertiary/aromatic N) is 1. The van der Waals surface area contributed by atoms with Gasteiger partial charge >= 0.3 is 5.69 Å². The Morgan fingerprint density at radius 3 is 2.64 bits per heavy atom. The van der Waals surface area contributed by atoms with Crippen LogP contribution in [-0.4, -0.2) is 4.92 Å². The summed E-state index contributed by atoms with van der Waals surface area (Å²) in [6.07, 6.45) is 0. The molecule has 2 radical (unpaired) electrons. The number of nitro benzene ring substituents is 1. The van der Waals surface area contributed by atoms with E-state index < -0.39 is 16.4 Å². The first kappa shape index (κ1) is 7.65. The second kappa shape index (κ2) is 2.65. The van der Waals surface area contributed by atoms with Gasteiger partial charge in [-0.15, -0.1) is 0 Å². The van der Waals surface area contributed by atoms with Gasteiger partial charge < -0.3 is 0 Å². The van der Waals surface area contributed by atoms with E-state index in [0.29, 0.717) is 0 Å². The Kier molecular flexibility index (Phi) is 1.85. The fraction of sp³-hybridized carbons (Fsp3) is 0. The summed E-state index contributed by atoms with van der Waals surface area (Å²) in [6.45, 7) is 5.19. The third-order valence-corrected chi connectivity index (χ3v) is 1.17. The molecule has 0 aliphatic rings. The summed E-state index contributed by atoms with van der Waals surface area (Å²) in [5.74, 6) is -0.871. The second-order valence-electron chi connectivity index (χ2n) is 1.97. The molecule has 1 aromatic rings. The van der Waals surface area contributed by atoms with E-state index in [9.17, 15) is 14.5 Å². The topological polar surface area (TPSA) is 43.1 Å². The minimum absolute atomic E-state index is 0.179. The minimum Gasteiger partial charge on any atom is -0.258 e. The molecule has 0 fully saturated rings. The molecule has 1 aromatic carbocycles. The van der Waals surface area contributed by atoms with Crippen LogP contribution >= 0.6 is 0 Å². The fourth-order valence-corrected chi connectivity index (χ4v) is 0.670. The number of hydrogen-bond acceptors (Lipinski definition) is 2. The number of nitro groups is 1. The number of rotatable bonds is 1. The molecule has 11 heavy (non-hydrogen) atoms. The maximum atomic E-state index is 12.5. The Labute approximate surface area is 62.6 Å². The van der Waals surface area contributed by atoms with Gasteiger partial charge in [-0.3, -0.25) is 10.1 Å². The molecule has 0 aliphatic carbocycles. The highest BCUT2D eigenvalue weighted by Crippen LogP contribution is 2.17. The van der Waals surface area contributed by atoms with Crippen LogP contribution in [0.5, 0.6) is 0 Å². The minimum atomic E-state index is -0.871. The van der Waals surface area contributed by atoms with E-state index >= 15 is 0 Å². The van der Waals surface area contributed by atoms with E-state index in [-0.39, 0.29) is 5.56 Å². The Balaban J connectivity index is 3.23. The van der Waals surface area contributed by atoms with E-state index in [1.54, 1.807) is 0 Å². The lowest BCUT2D eigenvalue weighted by Gasteiger charge is -1.93. The zero-order valence-corrected chi connectivity index (χ0v) is 5.45. The summed E-state index contributed by atoms with van der Waals surface area (Å²) in [4.78, 5) is 9.27. The van der Waals surface area contributed by atoms with Gasteiger partial charge in [-0.25, -0.2) is 0 Å². The number of benzene rings is 1. The van der Waals surface area contributed by atoms with Crippen molar-refractivity contribution in [3.05, 3.63) is 46.6 Å². The highest BCUT2D eigenvalue weighted by atomic mass is 19.1. The van der Waals surface area contributed by atoms with Crippen molar-refractivity contribution in [1.29, 1.82) is 0 Å². The SMILES string of the molecule is [CH]c1ccc(F)c([N+](=O)[O-])c1. The first-order valence-corrected chi connectivity index (χ1v) is 2.80. The lowest BCUT2D eigenvalue weighted by atomic mass is 10.2. The van der Waals surface area contributed by atoms with Crippen molar-refractivity contribution in [2.75, 3.05) is 0 Å². The molecule has 0 heterocycles. The predicted octanol–water partition coefficient (Wildman–Crippen LogP) is 1.79. The molecule has 0 bridgehead atoms. The van der Waals surface area contributed by atoms with Crippen LogP contribution < -0.4 is 0 Å². The summed E-state index contributed by atoms with van der Waals surface area (Å²) in [5.41, 5.74) is -0.414. The van der Waals surface area contributed by atoms with Crippen molar-refractivity contribution >= 4 is 5.69 Å². The Morgan fingerprint density at radius 1 is 1.55 bits per heavy atom. The summed E-state index contributed by atoms with van der Waals surface area (Å²) < 4.78 is 12.5. The molecular weight excluding hydrogens is 149 g/mol. The average molecular weight is 153 g/mol. The quantitative estimate of drug-likeness (QED) is 0.456. The predicted molar refractivity (Wildman–Crippen MR) is 36.5 cm³/mol. The third kappa shape index (κ3) is 1.52. The molecule has 0 aromatic heterocycles. The van der Waals surface area contributed by atoms with Gasteiger partial charge in [0.1, 0.15) is 0 Å². The largest absolute Gasteiger partial charge is 0.305 e. The molecule has 0 unspecified atom stereocenters. The molecular formula is C7H4FNO2. The van der Waals surface area contributed by atoms with Crippen LogP contribution in [0.3, 0.4) is 0 Å². The molecule has 1 rings (SSSR count). The second-order valence-corrected chi connectivity index (χ2v) is 1.97. The Bertz CT molecular complexity index is 298. The van der Waals surface area contributed by atoms with Crippen LogP contribution in [0.4, 0.5) is 10.1 Å². The van der Waals surface area contributed by atoms with E-state index in [0.717, 1.165) is 12.1 Å². The molecule has 0 amide bonds. The van der Waals surface area contributed by atoms with E-state index in [4.69, 9.17) is 6.92 Å². The van der Waals surface area contributed by atoms with Crippen LogP contribution in [0, 0.1) is 22.9 Å². The molecule has 3 nitrogen and oxygen atoms in total. The lowest BCUT2D eigenvalue weighted by Crippen LogP contribution is -1.92. The molecule has 56 valence electrons. The van der Waals surface area contributed by atoms with Gasteiger partial charge in [0.2, 0.25) is 5.82 Å². The van der Waals surface area contributed by atoms with Crippen molar-refractivity contribution in [2.24, 2.45) is 0 Å². The third-order valence-electron chi connectivity index (χ3n) is 1.17. The van der Waals surface area contributed by atoms with Gasteiger partial charge in [-0.2, -0.15) is 4.39 Å². The van der Waals surface area contributed by atoms with Crippen molar-refractivity contribution < 1.29 is 9.31 Å². The van der Waals surface area contributed by atoms with E-state index in [2.05, 4.69) is 0 Å². The van der Waals surface area contributed by atoms with Gasteiger partial charge in [-0.05, 0) is 18.6 Å². The summed E-state index contributed by atoms with van der Waals surface area (Å²) >= 11 is 0. The average Bonchev–Trinajstić information content (AvgIpc) is 1.94. The first-order valence-electron chi connectivity index (χ1n) is 2.80. The van der Waals surface area contributed by atoms with E-state index in [1.165, 1.54) is 6.07 Å². The highest BCUT2D eigenvalue weighted by molar-refractivity contribution is 5.37. The fourth-order valence-electron chi connectivity index (χ4n) is 0.670. The summed E-state index contributed by atoms with van der Waals surface area (Å²) in [7, 11) is 0. The number of hydrogen-bond donors (Lipinski definition) is 0. The van der Waals surface area contributed by atoms with Gasteiger partial charge in [0, 0.05) is 6.07 Å². The van der Waals surface area contributed by atoms with Crippen molar-refractivity contribution in [3.8, 4) is 0 Å². The molecule has 0 saturated heterocycles.